The molecule has 1 amide bonds. The molecule has 3 rings (SSSR count). The van der Waals surface area contributed by atoms with E-state index in [1.807, 2.05) is 13.0 Å². The molecule has 1 aromatic heterocycles. The molecule has 0 aliphatic carbocycles. The van der Waals surface area contributed by atoms with Crippen LogP contribution in [0.4, 0.5) is 5.69 Å². The van der Waals surface area contributed by atoms with Gasteiger partial charge in [0.05, 0.1) is 22.5 Å². The summed E-state index contributed by atoms with van der Waals surface area (Å²) in [5, 5.41) is 1.06. The Bertz CT molecular complexity index is 943. The van der Waals surface area contributed by atoms with Gasteiger partial charge in [0, 0.05) is 18.1 Å². The fourth-order valence-electron chi connectivity index (χ4n) is 2.40. The van der Waals surface area contributed by atoms with Crippen LogP contribution in [0.5, 0.6) is 11.6 Å². The Labute approximate surface area is 162 Å². The number of aryl methyl sites for hydroxylation is 1. The summed E-state index contributed by atoms with van der Waals surface area (Å²) in [4.78, 5) is 18.4. The molecular weight excluding hydrogens is 371 g/mol. The summed E-state index contributed by atoms with van der Waals surface area (Å²) in [6.07, 6.45) is 1.58. The molecule has 3 aromatic rings. The van der Waals surface area contributed by atoms with Gasteiger partial charge in [-0.1, -0.05) is 35.3 Å². The van der Waals surface area contributed by atoms with Crippen molar-refractivity contribution < 1.29 is 9.53 Å². The monoisotopic (exact) mass is 386 g/mol. The highest BCUT2D eigenvalue weighted by molar-refractivity contribution is 6.34. The van der Waals surface area contributed by atoms with E-state index in [0.717, 1.165) is 5.56 Å². The SMILES string of the molecule is Cc1cc(Cl)ccc1Oc1ccc(N(C)C(=O)c2ccccc2Cl)cn1. The van der Waals surface area contributed by atoms with Crippen LogP contribution in [-0.4, -0.2) is 17.9 Å². The summed E-state index contributed by atoms with van der Waals surface area (Å²) in [6.45, 7) is 1.91. The van der Waals surface area contributed by atoms with E-state index < -0.39 is 0 Å². The number of rotatable bonds is 4. The number of nitrogens with zero attached hydrogens (tertiary/aromatic N) is 2. The molecule has 0 fully saturated rings. The number of hydrogen-bond acceptors (Lipinski definition) is 3. The van der Waals surface area contributed by atoms with Gasteiger partial charge in [-0.2, -0.15) is 0 Å². The van der Waals surface area contributed by atoms with Crippen molar-refractivity contribution in [3.63, 3.8) is 0 Å². The molecule has 1 heterocycles. The van der Waals surface area contributed by atoms with Crippen molar-refractivity contribution in [3.05, 3.63) is 82.0 Å². The van der Waals surface area contributed by atoms with Crippen LogP contribution in [0.2, 0.25) is 10.0 Å². The molecule has 0 saturated carbocycles. The summed E-state index contributed by atoms with van der Waals surface area (Å²) < 4.78 is 5.77. The van der Waals surface area contributed by atoms with E-state index in [0.29, 0.717) is 32.9 Å². The molecule has 0 unspecified atom stereocenters. The topological polar surface area (TPSA) is 42.4 Å². The van der Waals surface area contributed by atoms with Crippen LogP contribution in [0.3, 0.4) is 0 Å². The zero-order valence-corrected chi connectivity index (χ0v) is 15.8. The van der Waals surface area contributed by atoms with Crippen molar-refractivity contribution in [1.82, 2.24) is 4.98 Å². The van der Waals surface area contributed by atoms with E-state index in [1.54, 1.807) is 61.8 Å². The van der Waals surface area contributed by atoms with Gasteiger partial charge in [-0.25, -0.2) is 4.98 Å². The standard InChI is InChI=1S/C20H16Cl2N2O2/c1-13-11-14(21)7-9-18(13)26-19-10-8-15(12-23-19)24(2)20(25)16-5-3-4-6-17(16)22/h3-12H,1-2H3. The van der Waals surface area contributed by atoms with Crippen molar-refractivity contribution >= 4 is 34.8 Å². The Hall–Kier alpha value is -2.56. The predicted octanol–water partition coefficient (Wildman–Crippen LogP) is 5.77. The van der Waals surface area contributed by atoms with Crippen molar-refractivity contribution in [2.75, 3.05) is 11.9 Å². The molecule has 4 nitrogen and oxygen atoms in total. The Kier molecular flexibility index (Phi) is 5.45. The zero-order chi connectivity index (χ0) is 18.7. The third-order valence-corrected chi connectivity index (χ3v) is 4.43. The number of carbonyl (C=O) groups excluding carboxylic acids is 1. The van der Waals surface area contributed by atoms with E-state index >= 15 is 0 Å². The van der Waals surface area contributed by atoms with Gasteiger partial charge in [0.25, 0.3) is 5.91 Å². The van der Waals surface area contributed by atoms with Gasteiger partial charge in [0.2, 0.25) is 5.88 Å². The molecule has 6 heteroatoms. The fourth-order valence-corrected chi connectivity index (χ4v) is 2.85. The number of hydrogen-bond donors (Lipinski definition) is 0. The first-order valence-corrected chi connectivity index (χ1v) is 8.64. The van der Waals surface area contributed by atoms with E-state index in [1.165, 1.54) is 4.90 Å². The lowest BCUT2D eigenvalue weighted by atomic mass is 10.2. The highest BCUT2D eigenvalue weighted by atomic mass is 35.5. The van der Waals surface area contributed by atoms with Gasteiger partial charge < -0.3 is 9.64 Å². The van der Waals surface area contributed by atoms with Crippen LogP contribution in [0, 0.1) is 6.92 Å². The Morgan fingerprint density at radius 2 is 1.85 bits per heavy atom. The molecule has 2 aromatic carbocycles. The van der Waals surface area contributed by atoms with Crippen LogP contribution in [0.25, 0.3) is 0 Å². The number of ether oxygens (including phenoxy) is 1. The van der Waals surface area contributed by atoms with Gasteiger partial charge in [-0.3, -0.25) is 4.79 Å². The Morgan fingerprint density at radius 1 is 1.08 bits per heavy atom. The summed E-state index contributed by atoms with van der Waals surface area (Å²) in [6, 6.07) is 15.8. The number of aromatic nitrogens is 1. The largest absolute Gasteiger partial charge is 0.439 e. The zero-order valence-electron chi connectivity index (χ0n) is 14.2. The summed E-state index contributed by atoms with van der Waals surface area (Å²) in [5.74, 6) is 0.896. The molecule has 0 aliphatic rings. The van der Waals surface area contributed by atoms with E-state index in [2.05, 4.69) is 4.98 Å². The highest BCUT2D eigenvalue weighted by Gasteiger charge is 2.16. The van der Waals surface area contributed by atoms with Crippen LogP contribution in [0.1, 0.15) is 15.9 Å². The summed E-state index contributed by atoms with van der Waals surface area (Å²) in [7, 11) is 1.67. The first-order valence-electron chi connectivity index (χ1n) is 7.88. The fraction of sp³-hybridized carbons (Fsp3) is 0.100. The van der Waals surface area contributed by atoms with E-state index in [9.17, 15) is 4.79 Å². The smallest absolute Gasteiger partial charge is 0.259 e. The van der Waals surface area contributed by atoms with E-state index in [-0.39, 0.29) is 5.91 Å². The van der Waals surface area contributed by atoms with Crippen LogP contribution in [0.15, 0.2) is 60.8 Å². The quantitative estimate of drug-likeness (QED) is 0.571. The molecular formula is C20H16Cl2N2O2. The minimum absolute atomic E-state index is 0.209. The number of benzene rings is 2. The van der Waals surface area contributed by atoms with E-state index in [4.69, 9.17) is 27.9 Å². The maximum absolute atomic E-state index is 12.6. The molecule has 0 bridgehead atoms. The van der Waals surface area contributed by atoms with Gasteiger partial charge in [0.1, 0.15) is 5.75 Å². The average Bonchev–Trinajstić information content (AvgIpc) is 2.64. The summed E-state index contributed by atoms with van der Waals surface area (Å²) in [5.41, 5.74) is 1.98. The molecule has 0 saturated heterocycles. The minimum Gasteiger partial charge on any atom is -0.439 e. The van der Waals surface area contributed by atoms with Crippen molar-refractivity contribution in [3.8, 4) is 11.6 Å². The van der Waals surface area contributed by atoms with Crippen molar-refractivity contribution in [1.29, 1.82) is 0 Å². The lowest BCUT2D eigenvalue weighted by Gasteiger charge is -2.18. The molecule has 132 valence electrons. The molecule has 0 radical (unpaired) electrons. The second-order valence-electron chi connectivity index (χ2n) is 5.71. The lowest BCUT2D eigenvalue weighted by molar-refractivity contribution is 0.0993. The molecule has 0 N–H and O–H groups in total. The van der Waals surface area contributed by atoms with Crippen LogP contribution >= 0.6 is 23.2 Å². The Balaban J connectivity index is 1.76. The van der Waals surface area contributed by atoms with Gasteiger partial charge in [0.15, 0.2) is 0 Å². The van der Waals surface area contributed by atoms with Gasteiger partial charge >= 0.3 is 0 Å². The third-order valence-electron chi connectivity index (χ3n) is 3.87. The molecule has 0 spiro atoms. The number of halogens is 2. The average molecular weight is 387 g/mol. The molecule has 0 aliphatic heterocycles. The van der Waals surface area contributed by atoms with Crippen LogP contribution < -0.4 is 9.64 Å². The van der Waals surface area contributed by atoms with Crippen LogP contribution in [-0.2, 0) is 0 Å². The second-order valence-corrected chi connectivity index (χ2v) is 6.55. The third kappa shape index (κ3) is 3.98. The highest BCUT2D eigenvalue weighted by Crippen LogP contribution is 2.27. The molecule has 0 atom stereocenters. The maximum Gasteiger partial charge on any atom is 0.259 e. The normalized spacial score (nSPS) is 10.5. The Morgan fingerprint density at radius 3 is 2.50 bits per heavy atom. The molecule has 26 heavy (non-hydrogen) atoms. The lowest BCUT2D eigenvalue weighted by Crippen LogP contribution is -2.26. The number of anilines is 1. The summed E-state index contributed by atoms with van der Waals surface area (Å²) >= 11 is 12.0. The number of pyridine rings is 1. The predicted molar refractivity (Wildman–Crippen MR) is 105 cm³/mol. The number of amides is 1. The minimum atomic E-state index is -0.209. The first-order chi connectivity index (χ1) is 12.5. The number of carbonyl (C=O) groups is 1. The van der Waals surface area contributed by atoms with Gasteiger partial charge in [-0.05, 0) is 48.9 Å². The van der Waals surface area contributed by atoms with Crippen molar-refractivity contribution in [2.45, 2.75) is 6.92 Å². The maximum atomic E-state index is 12.6. The first kappa shape index (κ1) is 18.2. The van der Waals surface area contributed by atoms with Crippen molar-refractivity contribution in [2.24, 2.45) is 0 Å². The van der Waals surface area contributed by atoms with Gasteiger partial charge in [-0.15, -0.1) is 0 Å². The second kappa shape index (κ2) is 7.77.